The van der Waals surface area contributed by atoms with Gasteiger partial charge in [0.2, 0.25) is 0 Å². The molecule has 1 atom stereocenters. The number of likely N-dealkylation sites (N-methyl/N-ethyl adjacent to an activating group) is 1. The molecule has 1 fully saturated rings. The maximum Gasteiger partial charge on any atom is 0.315 e. The lowest BCUT2D eigenvalue weighted by molar-refractivity contribution is 0.209. The zero-order chi connectivity index (χ0) is 9.68. The van der Waals surface area contributed by atoms with Crippen LogP contribution in [0.3, 0.4) is 0 Å². The van der Waals surface area contributed by atoms with E-state index in [1.165, 1.54) is 6.42 Å². The third-order valence-corrected chi connectivity index (χ3v) is 2.30. The van der Waals surface area contributed by atoms with Crippen LogP contribution in [0.5, 0.6) is 0 Å². The van der Waals surface area contributed by atoms with Gasteiger partial charge in [0.1, 0.15) is 0 Å². The van der Waals surface area contributed by atoms with Gasteiger partial charge in [-0.3, -0.25) is 0 Å². The lowest BCUT2D eigenvalue weighted by Gasteiger charge is -2.30. The summed E-state index contributed by atoms with van der Waals surface area (Å²) in [6.07, 6.45) is 2.27. The van der Waals surface area contributed by atoms with Crippen molar-refractivity contribution in [3.05, 3.63) is 0 Å². The molecule has 0 aromatic carbocycles. The van der Waals surface area contributed by atoms with Gasteiger partial charge in [0, 0.05) is 19.1 Å². The predicted octanol–water partition coefficient (Wildman–Crippen LogP) is 0.400. The van der Waals surface area contributed by atoms with Crippen LogP contribution in [0.15, 0.2) is 0 Å². The molecule has 0 bridgehead atoms. The van der Waals surface area contributed by atoms with Crippen LogP contribution in [-0.4, -0.2) is 43.7 Å². The number of nitrogens with zero attached hydrogens (tertiary/aromatic N) is 1. The standard InChI is InChI=1S/C9H19N3O/c1-3-10-9(13)11-8-5-4-6-12(2)7-8/h8H,3-7H2,1-2H3,(H2,10,11,13). The quantitative estimate of drug-likeness (QED) is 0.654. The van der Waals surface area contributed by atoms with Crippen molar-refractivity contribution in [2.45, 2.75) is 25.8 Å². The van der Waals surface area contributed by atoms with Crippen molar-refractivity contribution < 1.29 is 4.79 Å². The van der Waals surface area contributed by atoms with E-state index in [0.29, 0.717) is 12.6 Å². The molecule has 4 nitrogen and oxygen atoms in total. The first-order valence-corrected chi connectivity index (χ1v) is 4.95. The van der Waals surface area contributed by atoms with Crippen LogP contribution in [0, 0.1) is 0 Å². The maximum absolute atomic E-state index is 11.2. The Morgan fingerprint density at radius 3 is 3.00 bits per heavy atom. The number of carbonyl (C=O) groups excluding carboxylic acids is 1. The van der Waals surface area contributed by atoms with Gasteiger partial charge in [-0.2, -0.15) is 0 Å². The fraction of sp³-hybridized carbons (Fsp3) is 0.889. The summed E-state index contributed by atoms with van der Waals surface area (Å²) in [7, 11) is 2.09. The number of piperidine rings is 1. The van der Waals surface area contributed by atoms with E-state index in [2.05, 4.69) is 22.6 Å². The first kappa shape index (κ1) is 10.3. The van der Waals surface area contributed by atoms with Gasteiger partial charge >= 0.3 is 6.03 Å². The number of hydrogen-bond donors (Lipinski definition) is 2. The van der Waals surface area contributed by atoms with Gasteiger partial charge in [0.15, 0.2) is 0 Å². The van der Waals surface area contributed by atoms with Gasteiger partial charge in [0.05, 0.1) is 0 Å². The van der Waals surface area contributed by atoms with Crippen molar-refractivity contribution in [1.82, 2.24) is 15.5 Å². The molecule has 0 radical (unpaired) electrons. The van der Waals surface area contributed by atoms with Gasteiger partial charge in [-0.15, -0.1) is 0 Å². The van der Waals surface area contributed by atoms with Crippen LogP contribution in [0.25, 0.3) is 0 Å². The van der Waals surface area contributed by atoms with E-state index in [-0.39, 0.29) is 6.03 Å². The van der Waals surface area contributed by atoms with Crippen LogP contribution in [0.4, 0.5) is 4.79 Å². The summed E-state index contributed by atoms with van der Waals surface area (Å²) in [5.74, 6) is 0. The second-order valence-corrected chi connectivity index (χ2v) is 3.61. The molecular weight excluding hydrogens is 166 g/mol. The molecule has 0 aromatic heterocycles. The van der Waals surface area contributed by atoms with E-state index in [1.54, 1.807) is 0 Å². The Bertz CT molecular complexity index is 172. The highest BCUT2D eigenvalue weighted by Crippen LogP contribution is 2.07. The molecule has 1 aliphatic heterocycles. The summed E-state index contributed by atoms with van der Waals surface area (Å²) in [6, 6.07) is 0.285. The maximum atomic E-state index is 11.2. The number of amides is 2. The molecule has 1 rings (SSSR count). The number of nitrogens with one attached hydrogen (secondary N) is 2. The molecule has 1 saturated heterocycles. The van der Waals surface area contributed by atoms with E-state index in [1.807, 2.05) is 6.92 Å². The molecule has 0 aliphatic carbocycles. The van der Waals surface area contributed by atoms with Crippen LogP contribution in [0.2, 0.25) is 0 Å². The molecule has 0 spiro atoms. The minimum atomic E-state index is -0.0391. The van der Waals surface area contributed by atoms with Crippen molar-refractivity contribution in [3.8, 4) is 0 Å². The van der Waals surface area contributed by atoms with Crippen molar-refractivity contribution in [2.24, 2.45) is 0 Å². The molecule has 2 amide bonds. The fourth-order valence-electron chi connectivity index (χ4n) is 1.68. The first-order chi connectivity index (χ1) is 6.22. The average molecular weight is 185 g/mol. The van der Waals surface area contributed by atoms with E-state index in [9.17, 15) is 4.79 Å². The van der Waals surface area contributed by atoms with Crippen molar-refractivity contribution in [3.63, 3.8) is 0 Å². The molecule has 1 aliphatic rings. The highest BCUT2D eigenvalue weighted by Gasteiger charge is 2.18. The molecule has 4 heteroatoms. The largest absolute Gasteiger partial charge is 0.338 e. The summed E-state index contributed by atoms with van der Waals surface area (Å²) < 4.78 is 0. The summed E-state index contributed by atoms with van der Waals surface area (Å²) in [5.41, 5.74) is 0. The molecule has 0 saturated carbocycles. The third-order valence-electron chi connectivity index (χ3n) is 2.30. The van der Waals surface area contributed by atoms with E-state index >= 15 is 0 Å². The Balaban J connectivity index is 2.23. The zero-order valence-electron chi connectivity index (χ0n) is 8.47. The van der Waals surface area contributed by atoms with Gasteiger partial charge < -0.3 is 15.5 Å². The van der Waals surface area contributed by atoms with Crippen molar-refractivity contribution in [1.29, 1.82) is 0 Å². The Morgan fingerprint density at radius 1 is 1.62 bits per heavy atom. The lowest BCUT2D eigenvalue weighted by Crippen LogP contribution is -2.49. The monoisotopic (exact) mass is 185 g/mol. The summed E-state index contributed by atoms with van der Waals surface area (Å²) in [4.78, 5) is 13.4. The Labute approximate surface area is 79.7 Å². The van der Waals surface area contributed by atoms with Crippen molar-refractivity contribution >= 4 is 6.03 Å². The number of urea groups is 1. The van der Waals surface area contributed by atoms with Crippen molar-refractivity contribution in [2.75, 3.05) is 26.7 Å². The van der Waals surface area contributed by atoms with Crippen LogP contribution in [-0.2, 0) is 0 Å². The first-order valence-electron chi connectivity index (χ1n) is 4.95. The van der Waals surface area contributed by atoms with Crippen LogP contribution in [0.1, 0.15) is 19.8 Å². The molecule has 13 heavy (non-hydrogen) atoms. The Kier molecular flexibility index (Phi) is 4.02. The minimum absolute atomic E-state index is 0.0391. The second-order valence-electron chi connectivity index (χ2n) is 3.61. The van der Waals surface area contributed by atoms with E-state index < -0.39 is 0 Å². The van der Waals surface area contributed by atoms with Gasteiger partial charge in [-0.1, -0.05) is 0 Å². The topological polar surface area (TPSA) is 44.4 Å². The number of hydrogen-bond acceptors (Lipinski definition) is 2. The highest BCUT2D eigenvalue weighted by molar-refractivity contribution is 5.74. The predicted molar refractivity (Wildman–Crippen MR) is 52.7 cm³/mol. The zero-order valence-corrected chi connectivity index (χ0v) is 8.47. The molecule has 0 aromatic rings. The van der Waals surface area contributed by atoms with E-state index in [0.717, 1.165) is 19.5 Å². The molecule has 76 valence electrons. The Hall–Kier alpha value is -0.770. The number of carbonyl (C=O) groups is 1. The number of likely N-dealkylation sites (tertiary alicyclic amines) is 1. The second kappa shape index (κ2) is 5.07. The lowest BCUT2D eigenvalue weighted by atomic mass is 10.1. The van der Waals surface area contributed by atoms with Crippen LogP contribution >= 0.6 is 0 Å². The van der Waals surface area contributed by atoms with Gasteiger partial charge in [-0.25, -0.2) is 4.79 Å². The highest BCUT2D eigenvalue weighted by atomic mass is 16.2. The molecule has 1 unspecified atom stereocenters. The smallest absolute Gasteiger partial charge is 0.315 e. The fourth-order valence-corrected chi connectivity index (χ4v) is 1.68. The average Bonchev–Trinajstić information content (AvgIpc) is 2.04. The van der Waals surface area contributed by atoms with Crippen LogP contribution < -0.4 is 10.6 Å². The molecular formula is C9H19N3O. The summed E-state index contributed by atoms with van der Waals surface area (Å²) >= 11 is 0. The molecule has 2 N–H and O–H groups in total. The van der Waals surface area contributed by atoms with E-state index in [4.69, 9.17) is 0 Å². The third kappa shape index (κ3) is 3.63. The van der Waals surface area contributed by atoms with Gasteiger partial charge in [-0.05, 0) is 33.4 Å². The minimum Gasteiger partial charge on any atom is -0.338 e. The summed E-state index contributed by atoms with van der Waals surface area (Å²) in [5, 5.41) is 5.70. The number of rotatable bonds is 2. The summed E-state index contributed by atoms with van der Waals surface area (Å²) in [6.45, 7) is 4.73. The normalized spacial score (nSPS) is 24.0. The molecule has 1 heterocycles. The van der Waals surface area contributed by atoms with Gasteiger partial charge in [0.25, 0.3) is 0 Å². The SMILES string of the molecule is CCNC(=O)NC1CCCN(C)C1. The Morgan fingerprint density at radius 2 is 2.38 bits per heavy atom.